The Morgan fingerprint density at radius 1 is 1.37 bits per heavy atom. The summed E-state index contributed by atoms with van der Waals surface area (Å²) in [5.41, 5.74) is 1.93. The van der Waals surface area contributed by atoms with Gasteiger partial charge in [0.1, 0.15) is 17.4 Å². The number of furan rings is 1. The lowest BCUT2D eigenvalue weighted by atomic mass is 10.1. The van der Waals surface area contributed by atoms with Gasteiger partial charge in [-0.15, -0.1) is 10.2 Å². The van der Waals surface area contributed by atoms with Crippen LogP contribution in [0.5, 0.6) is 0 Å². The van der Waals surface area contributed by atoms with Crippen LogP contribution in [0.15, 0.2) is 28.7 Å². The second-order valence-corrected chi connectivity index (χ2v) is 4.61. The fourth-order valence-electron chi connectivity index (χ4n) is 2.03. The fraction of sp³-hybridized carbons (Fsp3) is 0.308. The second kappa shape index (κ2) is 4.47. The van der Waals surface area contributed by atoms with E-state index < -0.39 is 6.10 Å². The second-order valence-electron chi connectivity index (χ2n) is 4.61. The zero-order chi connectivity index (χ0) is 13.4. The van der Waals surface area contributed by atoms with E-state index in [1.807, 2.05) is 31.2 Å². The molecule has 0 spiro atoms. The van der Waals surface area contributed by atoms with Crippen molar-refractivity contribution >= 4 is 11.0 Å². The minimum atomic E-state index is -0.767. The van der Waals surface area contributed by atoms with Gasteiger partial charge in [-0.2, -0.15) is 4.80 Å². The molecule has 3 aromatic rings. The fourth-order valence-corrected chi connectivity index (χ4v) is 2.03. The number of benzene rings is 1. The lowest BCUT2D eigenvalue weighted by molar-refractivity contribution is 0.150. The Morgan fingerprint density at radius 3 is 2.95 bits per heavy atom. The van der Waals surface area contributed by atoms with Crippen molar-refractivity contribution < 1.29 is 9.52 Å². The van der Waals surface area contributed by atoms with Gasteiger partial charge in [0.05, 0.1) is 7.05 Å². The standard InChI is InChI=1S/C13H14N4O2/c1-8-3-4-11-9(5-8)6-12(19-11)10(18)7-13-14-16-17(2)15-13/h3-6,10,18H,7H2,1-2H3. The van der Waals surface area contributed by atoms with Crippen molar-refractivity contribution in [2.45, 2.75) is 19.4 Å². The highest BCUT2D eigenvalue weighted by atomic mass is 16.4. The Labute approximate surface area is 109 Å². The van der Waals surface area contributed by atoms with Crippen molar-refractivity contribution in [2.75, 3.05) is 0 Å². The van der Waals surface area contributed by atoms with Crippen LogP contribution in [0.3, 0.4) is 0 Å². The van der Waals surface area contributed by atoms with E-state index in [2.05, 4.69) is 15.4 Å². The molecule has 0 aliphatic rings. The average molecular weight is 258 g/mol. The number of rotatable bonds is 3. The molecule has 19 heavy (non-hydrogen) atoms. The predicted molar refractivity (Wildman–Crippen MR) is 68.4 cm³/mol. The maximum atomic E-state index is 10.1. The van der Waals surface area contributed by atoms with Crippen molar-refractivity contribution in [1.29, 1.82) is 0 Å². The number of tetrazole rings is 1. The van der Waals surface area contributed by atoms with Gasteiger partial charge >= 0.3 is 0 Å². The number of aromatic nitrogens is 4. The molecule has 0 saturated carbocycles. The minimum absolute atomic E-state index is 0.284. The maximum Gasteiger partial charge on any atom is 0.177 e. The van der Waals surface area contributed by atoms with Crippen LogP contribution in [0, 0.1) is 6.92 Å². The van der Waals surface area contributed by atoms with Crippen LogP contribution in [-0.4, -0.2) is 25.3 Å². The predicted octanol–water partition coefficient (Wildman–Crippen LogP) is 1.54. The third-order valence-corrected chi connectivity index (χ3v) is 2.94. The third-order valence-electron chi connectivity index (χ3n) is 2.94. The molecule has 2 heterocycles. The average Bonchev–Trinajstić information content (AvgIpc) is 2.95. The zero-order valence-corrected chi connectivity index (χ0v) is 10.7. The number of hydrogen-bond acceptors (Lipinski definition) is 5. The number of aliphatic hydroxyl groups excluding tert-OH is 1. The van der Waals surface area contributed by atoms with E-state index in [9.17, 15) is 5.11 Å². The molecule has 0 aliphatic carbocycles. The van der Waals surface area contributed by atoms with E-state index in [0.29, 0.717) is 11.6 Å². The largest absolute Gasteiger partial charge is 0.458 e. The van der Waals surface area contributed by atoms with E-state index in [1.54, 1.807) is 7.05 Å². The first kappa shape index (κ1) is 11.9. The van der Waals surface area contributed by atoms with Gasteiger partial charge in [0.15, 0.2) is 5.82 Å². The molecule has 1 atom stereocenters. The smallest absolute Gasteiger partial charge is 0.177 e. The first-order valence-electron chi connectivity index (χ1n) is 6.03. The number of aryl methyl sites for hydroxylation is 2. The molecule has 1 unspecified atom stereocenters. The number of aliphatic hydroxyl groups is 1. The summed E-state index contributed by atoms with van der Waals surface area (Å²) in [5, 5.41) is 22.7. The zero-order valence-electron chi connectivity index (χ0n) is 10.7. The monoisotopic (exact) mass is 258 g/mol. The Bertz CT molecular complexity index is 716. The molecule has 1 aromatic carbocycles. The van der Waals surface area contributed by atoms with E-state index in [0.717, 1.165) is 16.5 Å². The van der Waals surface area contributed by atoms with Gasteiger partial charge in [-0.05, 0) is 30.3 Å². The van der Waals surface area contributed by atoms with Crippen molar-refractivity contribution in [3.05, 3.63) is 41.4 Å². The van der Waals surface area contributed by atoms with Gasteiger partial charge in [0, 0.05) is 11.8 Å². The molecule has 2 aromatic heterocycles. The molecule has 0 fully saturated rings. The van der Waals surface area contributed by atoms with Crippen molar-refractivity contribution in [1.82, 2.24) is 20.2 Å². The van der Waals surface area contributed by atoms with Crippen LogP contribution >= 0.6 is 0 Å². The summed E-state index contributed by atoms with van der Waals surface area (Å²) in [4.78, 5) is 1.37. The lowest BCUT2D eigenvalue weighted by Crippen LogP contribution is -2.02. The lowest BCUT2D eigenvalue weighted by Gasteiger charge is -2.03. The molecule has 6 heteroatoms. The van der Waals surface area contributed by atoms with Crippen LogP contribution in [-0.2, 0) is 13.5 Å². The highest BCUT2D eigenvalue weighted by Gasteiger charge is 2.16. The topological polar surface area (TPSA) is 77.0 Å². The van der Waals surface area contributed by atoms with Crippen molar-refractivity contribution in [3.63, 3.8) is 0 Å². The summed E-state index contributed by atoms with van der Waals surface area (Å²) in [6.45, 7) is 2.02. The number of nitrogens with zero attached hydrogens (tertiary/aromatic N) is 4. The quantitative estimate of drug-likeness (QED) is 0.771. The Morgan fingerprint density at radius 2 is 2.21 bits per heavy atom. The summed E-state index contributed by atoms with van der Waals surface area (Å²) < 4.78 is 5.63. The van der Waals surface area contributed by atoms with Gasteiger partial charge in [-0.1, -0.05) is 11.6 Å². The normalized spacial score (nSPS) is 13.0. The van der Waals surface area contributed by atoms with Gasteiger partial charge in [0.25, 0.3) is 0 Å². The van der Waals surface area contributed by atoms with Crippen LogP contribution in [0.1, 0.15) is 23.3 Å². The Balaban J connectivity index is 1.86. The highest BCUT2D eigenvalue weighted by Crippen LogP contribution is 2.26. The molecule has 1 N–H and O–H groups in total. The molecule has 0 saturated heterocycles. The summed E-state index contributed by atoms with van der Waals surface area (Å²) >= 11 is 0. The van der Waals surface area contributed by atoms with Gasteiger partial charge < -0.3 is 9.52 Å². The van der Waals surface area contributed by atoms with Gasteiger partial charge in [-0.3, -0.25) is 0 Å². The molecular formula is C13H14N4O2. The first-order chi connectivity index (χ1) is 9.11. The number of hydrogen-bond donors (Lipinski definition) is 1. The molecule has 6 nitrogen and oxygen atoms in total. The minimum Gasteiger partial charge on any atom is -0.458 e. The molecular weight excluding hydrogens is 244 g/mol. The summed E-state index contributed by atoms with van der Waals surface area (Å²) in [7, 11) is 1.69. The molecule has 3 rings (SSSR count). The van der Waals surface area contributed by atoms with E-state index >= 15 is 0 Å². The van der Waals surface area contributed by atoms with E-state index in [4.69, 9.17) is 4.42 Å². The van der Waals surface area contributed by atoms with Gasteiger partial charge in [0.2, 0.25) is 0 Å². The van der Waals surface area contributed by atoms with Crippen LogP contribution < -0.4 is 0 Å². The molecule has 0 aliphatic heterocycles. The summed E-state index contributed by atoms with van der Waals surface area (Å²) in [6.07, 6.45) is -0.482. The van der Waals surface area contributed by atoms with Crippen molar-refractivity contribution in [2.24, 2.45) is 7.05 Å². The molecule has 0 amide bonds. The Hall–Kier alpha value is -2.21. The molecule has 98 valence electrons. The van der Waals surface area contributed by atoms with E-state index in [-0.39, 0.29) is 6.42 Å². The van der Waals surface area contributed by atoms with Crippen molar-refractivity contribution in [3.8, 4) is 0 Å². The van der Waals surface area contributed by atoms with E-state index in [1.165, 1.54) is 4.80 Å². The Kier molecular flexibility index (Phi) is 2.79. The van der Waals surface area contributed by atoms with Crippen LogP contribution in [0.2, 0.25) is 0 Å². The van der Waals surface area contributed by atoms with Crippen LogP contribution in [0.4, 0.5) is 0 Å². The SMILES string of the molecule is Cc1ccc2oc(C(O)Cc3nnn(C)n3)cc2c1. The highest BCUT2D eigenvalue weighted by molar-refractivity contribution is 5.78. The van der Waals surface area contributed by atoms with Crippen LogP contribution in [0.25, 0.3) is 11.0 Å². The summed E-state index contributed by atoms with van der Waals surface area (Å²) in [6, 6.07) is 7.76. The summed E-state index contributed by atoms with van der Waals surface area (Å²) in [5.74, 6) is 1.01. The molecule has 0 radical (unpaired) electrons. The third kappa shape index (κ3) is 2.34. The van der Waals surface area contributed by atoms with Gasteiger partial charge in [-0.25, -0.2) is 0 Å². The molecule has 0 bridgehead atoms. The maximum absolute atomic E-state index is 10.1. The first-order valence-corrected chi connectivity index (χ1v) is 6.03. The number of fused-ring (bicyclic) bond motifs is 1.